The van der Waals surface area contributed by atoms with Crippen LogP contribution in [0.2, 0.25) is 0 Å². The van der Waals surface area contributed by atoms with E-state index in [4.69, 9.17) is 0 Å². The van der Waals surface area contributed by atoms with Crippen molar-refractivity contribution >= 4 is 17.0 Å². The van der Waals surface area contributed by atoms with Crippen LogP contribution in [0, 0.1) is 6.92 Å². The van der Waals surface area contributed by atoms with Gasteiger partial charge < -0.3 is 14.8 Å². The van der Waals surface area contributed by atoms with Gasteiger partial charge in [0.2, 0.25) is 0 Å². The Morgan fingerprint density at radius 3 is 2.93 bits per heavy atom. The molecule has 0 bridgehead atoms. The third-order valence-electron chi connectivity index (χ3n) is 2.10. The summed E-state index contributed by atoms with van der Waals surface area (Å²) in [6.07, 6.45) is 0. The van der Waals surface area contributed by atoms with Gasteiger partial charge in [-0.2, -0.15) is 0 Å². The van der Waals surface area contributed by atoms with Gasteiger partial charge in [0.25, 0.3) is 0 Å². The molecule has 0 unspecified atom stereocenters. The summed E-state index contributed by atoms with van der Waals surface area (Å²) in [5.74, 6) is 0.176. The van der Waals surface area contributed by atoms with Gasteiger partial charge in [0.05, 0.1) is 18.2 Å². The van der Waals surface area contributed by atoms with Crippen LogP contribution in [-0.4, -0.2) is 28.2 Å². The smallest absolute Gasteiger partial charge is 0.340 e. The molecule has 0 aliphatic carbocycles. The van der Waals surface area contributed by atoms with Gasteiger partial charge in [-0.05, 0) is 13.0 Å². The highest BCUT2D eigenvalue weighted by Crippen LogP contribution is 2.23. The second-order valence-corrected chi connectivity index (χ2v) is 3.20. The molecule has 0 atom stereocenters. The quantitative estimate of drug-likeness (QED) is 0.691. The van der Waals surface area contributed by atoms with Crippen molar-refractivity contribution in [2.45, 2.75) is 6.92 Å². The minimum Gasteiger partial charge on any atom is -0.508 e. The number of rotatable bonds is 1. The van der Waals surface area contributed by atoms with E-state index in [9.17, 15) is 9.90 Å². The monoisotopic (exact) mass is 206 g/mol. The molecule has 0 radical (unpaired) electrons. The fraction of sp³-hybridized carbons (Fsp3) is 0.200. The van der Waals surface area contributed by atoms with E-state index in [1.54, 1.807) is 6.92 Å². The maximum Gasteiger partial charge on any atom is 0.340 e. The Kier molecular flexibility index (Phi) is 2.07. The Labute approximate surface area is 85.7 Å². The lowest BCUT2D eigenvalue weighted by molar-refractivity contribution is 0.0602. The number of hydrogen-bond donors (Lipinski definition) is 2. The SMILES string of the molecule is COC(=O)c1cc(O)cc2[nH]c(C)nc12. The Morgan fingerprint density at radius 2 is 2.27 bits per heavy atom. The third kappa shape index (κ3) is 1.52. The van der Waals surface area contributed by atoms with Gasteiger partial charge in [-0.1, -0.05) is 0 Å². The molecule has 1 aromatic heterocycles. The van der Waals surface area contributed by atoms with Crippen LogP contribution in [0.3, 0.4) is 0 Å². The summed E-state index contributed by atoms with van der Waals surface area (Å²) in [5, 5.41) is 9.41. The summed E-state index contributed by atoms with van der Waals surface area (Å²) in [4.78, 5) is 18.5. The number of aromatic nitrogens is 2. The van der Waals surface area contributed by atoms with Crippen molar-refractivity contribution < 1.29 is 14.6 Å². The summed E-state index contributed by atoms with van der Waals surface area (Å²) in [6, 6.07) is 2.86. The number of phenolic OH excluding ortho intramolecular Hbond substituents is 1. The molecule has 0 saturated carbocycles. The zero-order chi connectivity index (χ0) is 11.0. The van der Waals surface area contributed by atoms with E-state index in [-0.39, 0.29) is 11.3 Å². The van der Waals surface area contributed by atoms with Crippen molar-refractivity contribution in [3.8, 4) is 5.75 Å². The largest absolute Gasteiger partial charge is 0.508 e. The van der Waals surface area contributed by atoms with Gasteiger partial charge in [-0.25, -0.2) is 9.78 Å². The molecule has 2 rings (SSSR count). The second-order valence-electron chi connectivity index (χ2n) is 3.20. The van der Waals surface area contributed by atoms with Crippen LogP contribution in [0.5, 0.6) is 5.75 Å². The molecule has 5 nitrogen and oxygen atoms in total. The van der Waals surface area contributed by atoms with Crippen molar-refractivity contribution in [3.05, 3.63) is 23.5 Å². The summed E-state index contributed by atoms with van der Waals surface area (Å²) in [5.41, 5.74) is 1.39. The minimum atomic E-state index is -0.512. The second kappa shape index (κ2) is 3.27. The summed E-state index contributed by atoms with van der Waals surface area (Å²) in [6.45, 7) is 1.78. The molecule has 78 valence electrons. The molecular formula is C10H10N2O3. The Morgan fingerprint density at radius 1 is 1.53 bits per heavy atom. The molecule has 0 spiro atoms. The van der Waals surface area contributed by atoms with E-state index < -0.39 is 5.97 Å². The average Bonchev–Trinajstić information content (AvgIpc) is 2.55. The van der Waals surface area contributed by atoms with Gasteiger partial charge in [-0.3, -0.25) is 0 Å². The first kappa shape index (κ1) is 9.51. The topological polar surface area (TPSA) is 75.2 Å². The molecule has 0 fully saturated rings. The van der Waals surface area contributed by atoms with Crippen LogP contribution in [-0.2, 0) is 4.74 Å². The standard InChI is InChI=1S/C10H10N2O3/c1-5-11-8-4-6(13)3-7(9(8)12-5)10(14)15-2/h3-4,13H,1-2H3,(H,11,12). The number of carbonyl (C=O) groups is 1. The highest BCUT2D eigenvalue weighted by Gasteiger charge is 2.14. The van der Waals surface area contributed by atoms with Crippen LogP contribution < -0.4 is 0 Å². The third-order valence-corrected chi connectivity index (χ3v) is 2.10. The number of aromatic amines is 1. The molecule has 0 aliphatic heterocycles. The first-order valence-electron chi connectivity index (χ1n) is 4.39. The number of methoxy groups -OCH3 is 1. The lowest BCUT2D eigenvalue weighted by atomic mass is 10.2. The normalized spacial score (nSPS) is 10.5. The summed E-state index contributed by atoms with van der Waals surface area (Å²) >= 11 is 0. The number of hydrogen-bond acceptors (Lipinski definition) is 4. The van der Waals surface area contributed by atoms with Crippen LogP contribution in [0.25, 0.3) is 11.0 Å². The summed E-state index contributed by atoms with van der Waals surface area (Å²) in [7, 11) is 1.29. The van der Waals surface area contributed by atoms with Crippen LogP contribution in [0.15, 0.2) is 12.1 Å². The number of nitrogens with zero attached hydrogens (tertiary/aromatic N) is 1. The summed E-state index contributed by atoms with van der Waals surface area (Å²) < 4.78 is 4.60. The number of imidazole rings is 1. The predicted octanol–water partition coefficient (Wildman–Crippen LogP) is 1.36. The zero-order valence-electron chi connectivity index (χ0n) is 8.37. The average molecular weight is 206 g/mol. The van der Waals surface area contributed by atoms with Crippen molar-refractivity contribution in [2.24, 2.45) is 0 Å². The molecule has 1 heterocycles. The van der Waals surface area contributed by atoms with Crippen LogP contribution in [0.1, 0.15) is 16.2 Å². The highest BCUT2D eigenvalue weighted by molar-refractivity contribution is 6.02. The molecule has 1 aromatic carbocycles. The number of carbonyl (C=O) groups excluding carboxylic acids is 1. The Balaban J connectivity index is 2.75. The van der Waals surface area contributed by atoms with Gasteiger partial charge in [0.15, 0.2) is 0 Å². The number of aromatic hydroxyl groups is 1. The lowest BCUT2D eigenvalue weighted by Crippen LogP contribution is -2.01. The lowest BCUT2D eigenvalue weighted by Gasteiger charge is -2.00. The Bertz CT molecular complexity index is 531. The van der Waals surface area contributed by atoms with Gasteiger partial charge in [0.1, 0.15) is 17.1 Å². The number of nitrogens with one attached hydrogen (secondary N) is 1. The number of aryl methyl sites for hydroxylation is 1. The first-order chi connectivity index (χ1) is 7.11. The molecule has 2 N–H and O–H groups in total. The van der Waals surface area contributed by atoms with Crippen molar-refractivity contribution in [2.75, 3.05) is 7.11 Å². The van der Waals surface area contributed by atoms with E-state index in [1.807, 2.05) is 0 Å². The predicted molar refractivity (Wildman–Crippen MR) is 53.8 cm³/mol. The number of esters is 1. The van der Waals surface area contributed by atoms with Crippen molar-refractivity contribution in [3.63, 3.8) is 0 Å². The van der Waals surface area contributed by atoms with E-state index in [0.29, 0.717) is 16.9 Å². The van der Waals surface area contributed by atoms with Crippen molar-refractivity contribution in [1.82, 2.24) is 9.97 Å². The molecular weight excluding hydrogens is 196 g/mol. The number of benzene rings is 1. The molecule has 0 amide bonds. The van der Waals surface area contributed by atoms with Gasteiger partial charge >= 0.3 is 5.97 Å². The fourth-order valence-corrected chi connectivity index (χ4v) is 1.49. The number of phenols is 1. The Hall–Kier alpha value is -2.04. The van der Waals surface area contributed by atoms with E-state index in [0.717, 1.165) is 0 Å². The molecule has 0 aliphatic rings. The van der Waals surface area contributed by atoms with E-state index >= 15 is 0 Å². The number of ether oxygens (including phenoxy) is 1. The van der Waals surface area contributed by atoms with Gasteiger partial charge in [0, 0.05) is 6.07 Å². The minimum absolute atomic E-state index is 0.00606. The number of fused-ring (bicyclic) bond motifs is 1. The molecule has 2 aromatic rings. The molecule has 15 heavy (non-hydrogen) atoms. The zero-order valence-corrected chi connectivity index (χ0v) is 8.37. The first-order valence-corrected chi connectivity index (χ1v) is 4.39. The number of H-pyrrole nitrogens is 1. The van der Waals surface area contributed by atoms with E-state index in [1.165, 1.54) is 19.2 Å². The molecule has 5 heteroatoms. The van der Waals surface area contributed by atoms with Crippen molar-refractivity contribution in [1.29, 1.82) is 0 Å². The van der Waals surface area contributed by atoms with E-state index in [2.05, 4.69) is 14.7 Å². The van der Waals surface area contributed by atoms with Crippen LogP contribution >= 0.6 is 0 Å². The highest BCUT2D eigenvalue weighted by atomic mass is 16.5. The van der Waals surface area contributed by atoms with Crippen LogP contribution in [0.4, 0.5) is 0 Å². The molecule has 0 saturated heterocycles. The van der Waals surface area contributed by atoms with Gasteiger partial charge in [-0.15, -0.1) is 0 Å². The fourth-order valence-electron chi connectivity index (χ4n) is 1.49. The maximum atomic E-state index is 11.4. The maximum absolute atomic E-state index is 11.4.